The van der Waals surface area contributed by atoms with Gasteiger partial charge in [0.05, 0.1) is 10.8 Å². The molecule has 9 nitrogen and oxygen atoms in total. The number of rotatable bonds is 6. The number of ketones is 1. The molecule has 1 aliphatic carbocycles. The Labute approximate surface area is 186 Å². The molecule has 31 heavy (non-hydrogen) atoms. The average Bonchev–Trinajstić information content (AvgIpc) is 3.40. The smallest absolute Gasteiger partial charge is 0.329 e. The molecule has 4 rings (SSSR count). The molecule has 0 radical (unpaired) electrons. The number of aromatic amines is 1. The summed E-state index contributed by atoms with van der Waals surface area (Å²) in [6, 6.07) is 7.65. The van der Waals surface area contributed by atoms with Crippen LogP contribution >= 0.6 is 23.4 Å². The van der Waals surface area contributed by atoms with Crippen molar-refractivity contribution in [1.29, 1.82) is 0 Å². The van der Waals surface area contributed by atoms with E-state index in [9.17, 15) is 14.4 Å². The first-order valence-electron chi connectivity index (χ1n) is 9.83. The van der Waals surface area contributed by atoms with Crippen molar-refractivity contribution in [3.63, 3.8) is 0 Å². The Hall–Kier alpha value is -2.85. The summed E-state index contributed by atoms with van der Waals surface area (Å²) in [7, 11) is 1.39. The van der Waals surface area contributed by atoms with E-state index in [0.717, 1.165) is 35.8 Å². The fraction of sp³-hybridized carbons (Fsp3) is 0.350. The van der Waals surface area contributed by atoms with Crippen molar-refractivity contribution in [2.75, 3.05) is 11.5 Å². The lowest BCUT2D eigenvalue weighted by Gasteiger charge is -2.17. The molecule has 0 amide bonds. The van der Waals surface area contributed by atoms with Crippen LogP contribution < -0.4 is 17.0 Å². The van der Waals surface area contributed by atoms with Gasteiger partial charge in [-0.1, -0.05) is 48.3 Å². The second kappa shape index (κ2) is 8.72. The minimum atomic E-state index is -0.791. The number of thioether (sulfide) groups is 1. The molecule has 1 fully saturated rings. The maximum absolute atomic E-state index is 12.8. The predicted octanol–water partition coefficient (Wildman–Crippen LogP) is 2.66. The number of hydrogen-bond donors (Lipinski definition) is 2. The molecule has 0 saturated heterocycles. The van der Waals surface area contributed by atoms with Gasteiger partial charge in [-0.3, -0.25) is 23.7 Å². The van der Waals surface area contributed by atoms with Crippen LogP contribution in [0.25, 0.3) is 11.4 Å². The van der Waals surface area contributed by atoms with Crippen molar-refractivity contribution in [2.24, 2.45) is 7.05 Å². The van der Waals surface area contributed by atoms with Gasteiger partial charge in [0, 0.05) is 18.7 Å². The van der Waals surface area contributed by atoms with E-state index in [2.05, 4.69) is 15.2 Å². The van der Waals surface area contributed by atoms with E-state index in [1.54, 1.807) is 6.07 Å². The molecule has 162 valence electrons. The second-order valence-electron chi connectivity index (χ2n) is 7.38. The van der Waals surface area contributed by atoms with Gasteiger partial charge >= 0.3 is 5.69 Å². The van der Waals surface area contributed by atoms with E-state index < -0.39 is 17.0 Å². The summed E-state index contributed by atoms with van der Waals surface area (Å²) in [4.78, 5) is 38.7. The van der Waals surface area contributed by atoms with E-state index in [-0.39, 0.29) is 23.2 Å². The highest BCUT2D eigenvalue weighted by Crippen LogP contribution is 2.38. The van der Waals surface area contributed by atoms with Crippen LogP contribution in [-0.4, -0.2) is 35.9 Å². The van der Waals surface area contributed by atoms with E-state index in [1.165, 1.54) is 18.8 Å². The molecule has 0 aliphatic heterocycles. The molecule has 1 saturated carbocycles. The Bertz CT molecular complexity index is 1260. The van der Waals surface area contributed by atoms with Crippen molar-refractivity contribution < 1.29 is 4.79 Å². The molecule has 0 atom stereocenters. The summed E-state index contributed by atoms with van der Waals surface area (Å²) in [5, 5.41) is 9.83. The summed E-state index contributed by atoms with van der Waals surface area (Å²) < 4.78 is 3.08. The topological polar surface area (TPSA) is 129 Å². The lowest BCUT2D eigenvalue weighted by atomic mass is 10.2. The summed E-state index contributed by atoms with van der Waals surface area (Å²) in [5.41, 5.74) is 4.93. The molecule has 3 N–H and O–H groups in total. The highest BCUT2D eigenvalue weighted by Gasteiger charge is 2.27. The molecule has 2 aromatic heterocycles. The fourth-order valence-electron chi connectivity index (χ4n) is 3.80. The standard InChI is InChI=1S/C20H21ClN6O3S/c1-26-16(22)15(18(29)23-19(26)30)14(28)10-31-20-25-24-17(12-8-4-5-9-13(12)21)27(20)11-6-2-3-7-11/h4-5,8-9,11H,2-3,6-7,10,22H2,1H3,(H,23,29,30). The number of nitrogens with one attached hydrogen (secondary N) is 1. The van der Waals surface area contributed by atoms with Gasteiger partial charge in [0.2, 0.25) is 0 Å². The Morgan fingerprint density at radius 3 is 2.68 bits per heavy atom. The minimum absolute atomic E-state index is 0.0706. The first kappa shape index (κ1) is 21.4. The molecule has 0 unspecified atom stereocenters. The summed E-state index contributed by atoms with van der Waals surface area (Å²) in [6.07, 6.45) is 4.20. The molecule has 3 aromatic rings. The van der Waals surface area contributed by atoms with Crippen LogP contribution in [0.1, 0.15) is 42.1 Å². The molecule has 2 heterocycles. The van der Waals surface area contributed by atoms with E-state index in [0.29, 0.717) is 16.0 Å². The largest absolute Gasteiger partial charge is 0.384 e. The maximum atomic E-state index is 12.8. The van der Waals surface area contributed by atoms with Crippen molar-refractivity contribution in [3.05, 3.63) is 55.7 Å². The van der Waals surface area contributed by atoms with E-state index in [4.69, 9.17) is 17.3 Å². The van der Waals surface area contributed by atoms with Crippen molar-refractivity contribution in [1.82, 2.24) is 24.3 Å². The van der Waals surface area contributed by atoms with Gasteiger partial charge in [0.15, 0.2) is 16.8 Å². The first-order valence-corrected chi connectivity index (χ1v) is 11.2. The highest BCUT2D eigenvalue weighted by molar-refractivity contribution is 7.99. The van der Waals surface area contributed by atoms with Crippen LogP contribution in [0.2, 0.25) is 5.02 Å². The van der Waals surface area contributed by atoms with Crippen LogP contribution in [0, 0.1) is 0 Å². The molecular formula is C20H21ClN6O3S. The molecule has 1 aliphatic rings. The quantitative estimate of drug-likeness (QED) is 0.427. The molecule has 0 bridgehead atoms. The zero-order valence-electron chi connectivity index (χ0n) is 16.8. The normalized spacial score (nSPS) is 14.3. The zero-order valence-corrected chi connectivity index (χ0v) is 18.4. The number of carbonyl (C=O) groups is 1. The van der Waals surface area contributed by atoms with Gasteiger partial charge in [0.25, 0.3) is 5.56 Å². The number of benzene rings is 1. The van der Waals surface area contributed by atoms with Gasteiger partial charge in [-0.2, -0.15) is 0 Å². The SMILES string of the molecule is Cn1c(N)c(C(=O)CSc2nnc(-c3ccccc3Cl)n2C2CCCC2)c(=O)[nH]c1=O. The molecule has 11 heteroatoms. The third-order valence-corrected chi connectivity index (χ3v) is 6.72. The van der Waals surface area contributed by atoms with Crippen LogP contribution in [0.4, 0.5) is 5.82 Å². The number of nitrogens with zero attached hydrogens (tertiary/aromatic N) is 4. The van der Waals surface area contributed by atoms with Gasteiger partial charge in [0.1, 0.15) is 11.4 Å². The number of nitrogens with two attached hydrogens (primary N) is 1. The third-order valence-electron chi connectivity index (χ3n) is 5.45. The summed E-state index contributed by atoms with van der Waals surface area (Å²) in [5.74, 6) is -0.0568. The van der Waals surface area contributed by atoms with Gasteiger partial charge in [-0.25, -0.2) is 4.79 Å². The van der Waals surface area contributed by atoms with Crippen LogP contribution in [0.5, 0.6) is 0 Å². The number of aromatic nitrogens is 5. The van der Waals surface area contributed by atoms with E-state index in [1.807, 2.05) is 22.8 Å². The van der Waals surface area contributed by atoms with Crippen LogP contribution in [-0.2, 0) is 7.05 Å². The van der Waals surface area contributed by atoms with E-state index >= 15 is 0 Å². The number of Topliss-reactive ketones (excluding diaryl/α,β-unsaturated/α-hetero) is 1. The first-order chi connectivity index (χ1) is 14.9. The van der Waals surface area contributed by atoms with Crippen LogP contribution in [0.15, 0.2) is 39.0 Å². The Morgan fingerprint density at radius 2 is 1.97 bits per heavy atom. The minimum Gasteiger partial charge on any atom is -0.384 e. The fourth-order valence-corrected chi connectivity index (χ4v) is 4.90. The number of carbonyl (C=O) groups excluding carboxylic acids is 1. The highest BCUT2D eigenvalue weighted by atomic mass is 35.5. The molecule has 0 spiro atoms. The van der Waals surface area contributed by atoms with Crippen LogP contribution in [0.3, 0.4) is 0 Å². The lowest BCUT2D eigenvalue weighted by molar-refractivity contribution is 0.102. The third kappa shape index (κ3) is 4.05. The summed E-state index contributed by atoms with van der Waals surface area (Å²) >= 11 is 7.58. The Balaban J connectivity index is 1.66. The number of halogens is 1. The van der Waals surface area contributed by atoms with Crippen molar-refractivity contribution in [3.8, 4) is 11.4 Å². The average molecular weight is 461 g/mol. The number of anilines is 1. The maximum Gasteiger partial charge on any atom is 0.329 e. The van der Waals surface area contributed by atoms with Gasteiger partial charge < -0.3 is 5.73 Å². The lowest BCUT2D eigenvalue weighted by Crippen LogP contribution is -2.35. The van der Waals surface area contributed by atoms with Gasteiger partial charge in [-0.05, 0) is 25.0 Å². The number of H-pyrrole nitrogens is 1. The Kier molecular flexibility index (Phi) is 6.01. The number of hydrogen-bond acceptors (Lipinski definition) is 7. The zero-order chi connectivity index (χ0) is 22.1. The number of nitrogen functional groups attached to an aromatic ring is 1. The monoisotopic (exact) mass is 460 g/mol. The second-order valence-corrected chi connectivity index (χ2v) is 8.73. The Morgan fingerprint density at radius 1 is 1.26 bits per heavy atom. The molecular weight excluding hydrogens is 440 g/mol. The molecule has 1 aromatic carbocycles. The summed E-state index contributed by atoms with van der Waals surface area (Å²) in [6.45, 7) is 0. The van der Waals surface area contributed by atoms with Crippen molar-refractivity contribution >= 4 is 35.0 Å². The predicted molar refractivity (Wildman–Crippen MR) is 120 cm³/mol. The van der Waals surface area contributed by atoms with Gasteiger partial charge in [-0.15, -0.1) is 10.2 Å². The van der Waals surface area contributed by atoms with Crippen molar-refractivity contribution in [2.45, 2.75) is 36.9 Å².